The second-order valence-electron chi connectivity index (χ2n) is 11.4. The van der Waals surface area contributed by atoms with Crippen LogP contribution in [0.3, 0.4) is 0 Å². The summed E-state index contributed by atoms with van der Waals surface area (Å²) < 4.78 is 0. The second-order valence-corrected chi connectivity index (χ2v) is 11.4. The van der Waals surface area contributed by atoms with Crippen molar-refractivity contribution >= 4 is 17.4 Å². The van der Waals surface area contributed by atoms with Gasteiger partial charge < -0.3 is 10.4 Å². The Morgan fingerprint density at radius 1 is 0.846 bits per heavy atom. The smallest absolute Gasteiger partial charge is 0.335 e. The van der Waals surface area contributed by atoms with Gasteiger partial charge in [-0.25, -0.2) is 4.79 Å². The third kappa shape index (κ3) is 7.57. The number of carboxylic acids is 1. The first kappa shape index (κ1) is 27.1. The number of carboxylic acid groups (broad SMARTS) is 1. The Labute approximate surface area is 232 Å². The number of ketones is 1. The Kier molecular flexibility index (Phi) is 9.10. The summed E-state index contributed by atoms with van der Waals surface area (Å²) in [6.07, 6.45) is 8.18. The van der Waals surface area contributed by atoms with Crippen molar-refractivity contribution in [3.8, 4) is 0 Å². The molecule has 0 aromatic heterocycles. The maximum Gasteiger partial charge on any atom is 0.335 e. The lowest BCUT2D eigenvalue weighted by Crippen LogP contribution is -2.33. The molecule has 2 aliphatic heterocycles. The van der Waals surface area contributed by atoms with Gasteiger partial charge >= 0.3 is 5.97 Å². The summed E-state index contributed by atoms with van der Waals surface area (Å²) in [6.45, 7) is 3.83. The minimum atomic E-state index is -0.875. The summed E-state index contributed by atoms with van der Waals surface area (Å²) in [5.74, 6) is 0.649. The molecular formula is C34H40N2O3. The number of Topliss-reactive ketones (excluding diaryl/α,β-unsaturated/α-hetero) is 1. The van der Waals surface area contributed by atoms with E-state index in [4.69, 9.17) is 0 Å². The van der Waals surface area contributed by atoms with Crippen LogP contribution in [-0.4, -0.2) is 41.4 Å². The highest BCUT2D eigenvalue weighted by Gasteiger charge is 2.21. The molecule has 5 rings (SSSR count). The van der Waals surface area contributed by atoms with Gasteiger partial charge in [0.05, 0.1) is 5.56 Å². The molecule has 3 aromatic rings. The number of likely N-dealkylation sites (tertiary alicyclic amines) is 1. The first-order chi connectivity index (χ1) is 19.0. The number of nitrogens with zero attached hydrogens (tertiary/aromatic N) is 1. The van der Waals surface area contributed by atoms with E-state index in [1.807, 2.05) is 18.2 Å². The van der Waals surface area contributed by atoms with Crippen molar-refractivity contribution in [2.45, 2.75) is 57.9 Å². The molecule has 1 unspecified atom stereocenters. The summed E-state index contributed by atoms with van der Waals surface area (Å²) in [7, 11) is 0. The molecule has 0 spiro atoms. The van der Waals surface area contributed by atoms with E-state index in [-0.39, 0.29) is 5.78 Å². The van der Waals surface area contributed by atoms with Gasteiger partial charge in [0.25, 0.3) is 0 Å². The maximum absolute atomic E-state index is 13.0. The quantitative estimate of drug-likeness (QED) is 0.283. The molecule has 1 saturated heterocycles. The molecule has 0 saturated carbocycles. The minimum absolute atomic E-state index is 0.263. The van der Waals surface area contributed by atoms with Gasteiger partial charge in [-0.1, -0.05) is 42.5 Å². The average Bonchev–Trinajstić information content (AvgIpc) is 3.16. The number of nitrogens with one attached hydrogen (secondary N) is 1. The first-order valence-electron chi connectivity index (χ1n) is 14.5. The molecule has 39 heavy (non-hydrogen) atoms. The van der Waals surface area contributed by atoms with E-state index in [0.717, 1.165) is 82.3 Å². The fourth-order valence-electron chi connectivity index (χ4n) is 6.17. The van der Waals surface area contributed by atoms with Crippen molar-refractivity contribution in [2.24, 2.45) is 11.8 Å². The average molecular weight is 525 g/mol. The standard InChI is InChI=1S/C34H40N2O3/c37-33(11-5-8-25-16-18-36(19-17-25)24-28-9-4-10-31(21-28)34(38)39)30-14-15-32-29(22-30)13-12-27(23-35-32)20-26-6-2-1-3-7-26/h1-4,6-7,9-10,14-15,21-22,25,27,35H,5,8,11-13,16-20,23-24H2,(H,38,39). The van der Waals surface area contributed by atoms with Crippen LogP contribution < -0.4 is 5.32 Å². The number of aromatic carboxylic acids is 1. The lowest BCUT2D eigenvalue weighted by atomic mass is 9.90. The molecular weight excluding hydrogens is 484 g/mol. The van der Waals surface area contributed by atoms with Gasteiger partial charge in [0, 0.05) is 30.8 Å². The predicted octanol–water partition coefficient (Wildman–Crippen LogP) is 6.87. The topological polar surface area (TPSA) is 69.6 Å². The minimum Gasteiger partial charge on any atom is -0.478 e. The Balaban J connectivity index is 1.04. The zero-order valence-electron chi connectivity index (χ0n) is 22.8. The van der Waals surface area contributed by atoms with Crippen molar-refractivity contribution in [1.82, 2.24) is 4.90 Å². The maximum atomic E-state index is 13.0. The van der Waals surface area contributed by atoms with Crippen LogP contribution in [0.2, 0.25) is 0 Å². The number of hydrogen-bond acceptors (Lipinski definition) is 4. The molecule has 0 amide bonds. The van der Waals surface area contributed by atoms with Gasteiger partial charge in [-0.3, -0.25) is 9.69 Å². The zero-order chi connectivity index (χ0) is 27.0. The molecule has 204 valence electrons. The molecule has 5 heteroatoms. The van der Waals surface area contributed by atoms with Crippen molar-refractivity contribution < 1.29 is 14.7 Å². The lowest BCUT2D eigenvalue weighted by molar-refractivity contribution is 0.0696. The fraction of sp³-hybridized carbons (Fsp3) is 0.412. The molecule has 2 aliphatic rings. The zero-order valence-corrected chi connectivity index (χ0v) is 22.8. The number of rotatable bonds is 10. The number of piperidine rings is 1. The normalized spacial score (nSPS) is 18.1. The van der Waals surface area contributed by atoms with Crippen LogP contribution in [0.25, 0.3) is 0 Å². The van der Waals surface area contributed by atoms with Gasteiger partial charge in [0.1, 0.15) is 0 Å². The Hall–Kier alpha value is -3.44. The number of fused-ring (bicyclic) bond motifs is 1. The highest BCUT2D eigenvalue weighted by molar-refractivity contribution is 5.96. The summed E-state index contributed by atoms with van der Waals surface area (Å²) in [4.78, 5) is 26.7. The summed E-state index contributed by atoms with van der Waals surface area (Å²) in [6, 6.07) is 24.2. The molecule has 1 fully saturated rings. The Morgan fingerprint density at radius 3 is 2.44 bits per heavy atom. The Bertz CT molecular complexity index is 1260. The number of aryl methyl sites for hydroxylation is 1. The molecule has 3 aromatic carbocycles. The van der Waals surface area contributed by atoms with Crippen LogP contribution in [0.15, 0.2) is 72.8 Å². The second kappa shape index (κ2) is 13.1. The van der Waals surface area contributed by atoms with Crippen LogP contribution >= 0.6 is 0 Å². The van der Waals surface area contributed by atoms with Gasteiger partial charge in [-0.15, -0.1) is 0 Å². The summed E-state index contributed by atoms with van der Waals surface area (Å²) in [5.41, 5.74) is 6.12. The first-order valence-corrected chi connectivity index (χ1v) is 14.5. The van der Waals surface area contributed by atoms with Crippen molar-refractivity contribution in [1.29, 1.82) is 0 Å². The van der Waals surface area contributed by atoms with E-state index in [9.17, 15) is 14.7 Å². The van der Waals surface area contributed by atoms with Gasteiger partial charge in [0.15, 0.2) is 5.78 Å². The molecule has 2 N–H and O–H groups in total. The monoisotopic (exact) mass is 524 g/mol. The number of benzene rings is 3. The molecule has 0 bridgehead atoms. The van der Waals surface area contributed by atoms with Crippen LogP contribution in [-0.2, 0) is 19.4 Å². The largest absolute Gasteiger partial charge is 0.478 e. The Morgan fingerprint density at radius 2 is 1.64 bits per heavy atom. The van der Waals surface area contributed by atoms with E-state index < -0.39 is 5.97 Å². The van der Waals surface area contributed by atoms with E-state index in [1.165, 1.54) is 16.8 Å². The van der Waals surface area contributed by atoms with Crippen molar-refractivity contribution in [3.05, 3.63) is 101 Å². The van der Waals surface area contributed by atoms with Gasteiger partial charge in [-0.2, -0.15) is 0 Å². The fourth-order valence-corrected chi connectivity index (χ4v) is 6.17. The van der Waals surface area contributed by atoms with E-state index in [2.05, 4.69) is 52.7 Å². The van der Waals surface area contributed by atoms with Crippen molar-refractivity contribution in [3.63, 3.8) is 0 Å². The number of hydrogen-bond donors (Lipinski definition) is 2. The van der Waals surface area contributed by atoms with E-state index in [1.54, 1.807) is 12.1 Å². The molecule has 0 radical (unpaired) electrons. The summed E-state index contributed by atoms with van der Waals surface area (Å²) >= 11 is 0. The highest BCUT2D eigenvalue weighted by Crippen LogP contribution is 2.28. The molecule has 0 aliphatic carbocycles. The van der Waals surface area contributed by atoms with E-state index in [0.29, 0.717) is 23.8 Å². The third-order valence-electron chi connectivity index (χ3n) is 8.50. The highest BCUT2D eigenvalue weighted by atomic mass is 16.4. The summed E-state index contributed by atoms with van der Waals surface area (Å²) in [5, 5.41) is 12.9. The SMILES string of the molecule is O=C(O)c1cccc(CN2CCC(CCCC(=O)c3ccc4c(c3)CCC(Cc3ccccc3)CN4)CC2)c1. The van der Waals surface area contributed by atoms with Crippen LogP contribution in [0, 0.1) is 11.8 Å². The van der Waals surface area contributed by atoms with Crippen LogP contribution in [0.4, 0.5) is 5.69 Å². The number of anilines is 1. The van der Waals surface area contributed by atoms with E-state index >= 15 is 0 Å². The van der Waals surface area contributed by atoms with Crippen molar-refractivity contribution in [2.75, 3.05) is 25.0 Å². The lowest BCUT2D eigenvalue weighted by Gasteiger charge is -2.32. The number of carbonyl (C=O) groups is 2. The molecule has 2 heterocycles. The van der Waals surface area contributed by atoms with Gasteiger partial charge in [0.2, 0.25) is 0 Å². The van der Waals surface area contributed by atoms with Crippen LogP contribution in [0.5, 0.6) is 0 Å². The number of carbonyl (C=O) groups excluding carboxylic acids is 1. The molecule has 5 nitrogen and oxygen atoms in total. The predicted molar refractivity (Wildman–Crippen MR) is 156 cm³/mol. The van der Waals surface area contributed by atoms with Crippen LogP contribution in [0.1, 0.15) is 75.9 Å². The molecule has 1 atom stereocenters. The van der Waals surface area contributed by atoms with Gasteiger partial charge in [-0.05, 0) is 117 Å². The third-order valence-corrected chi connectivity index (χ3v) is 8.50.